The van der Waals surface area contributed by atoms with E-state index in [9.17, 15) is 14.4 Å². The van der Waals surface area contributed by atoms with Crippen molar-refractivity contribution in [2.24, 2.45) is 0 Å². The third kappa shape index (κ3) is 11.5. The number of carbonyl (C=O) groups is 3. The van der Waals surface area contributed by atoms with Crippen LogP contribution in [0.5, 0.6) is 0 Å². The molecule has 0 unspecified atom stereocenters. The molecule has 3 N–H and O–H groups in total. The lowest BCUT2D eigenvalue weighted by Crippen LogP contribution is -2.05. The second-order valence-corrected chi connectivity index (χ2v) is 8.94. The summed E-state index contributed by atoms with van der Waals surface area (Å²) in [6.45, 7) is 16.8. The number of hydrogen-bond acceptors (Lipinski definition) is 3. The fourth-order valence-corrected chi connectivity index (χ4v) is 3.07. The van der Waals surface area contributed by atoms with Crippen LogP contribution in [0.1, 0.15) is 54.2 Å². The van der Waals surface area contributed by atoms with Gasteiger partial charge >= 0.3 is 0 Å². The Kier molecular flexibility index (Phi) is 12.1. The first kappa shape index (κ1) is 30.1. The van der Waals surface area contributed by atoms with E-state index in [1.54, 1.807) is 0 Å². The maximum Gasteiger partial charge on any atom is 0.221 e. The van der Waals surface area contributed by atoms with Gasteiger partial charge in [-0.25, -0.2) is 0 Å². The van der Waals surface area contributed by atoms with Gasteiger partial charge in [-0.2, -0.15) is 0 Å². The Morgan fingerprint density at radius 3 is 0.806 bits per heavy atom. The van der Waals surface area contributed by atoms with Crippen molar-refractivity contribution in [2.45, 2.75) is 62.3 Å². The number of carbonyl (C=O) groups excluding carboxylic acids is 3. The largest absolute Gasteiger partial charge is 0.326 e. The highest BCUT2D eigenvalue weighted by molar-refractivity contribution is 5.89. The average molecular weight is 490 g/mol. The number of aryl methyl sites for hydroxylation is 6. The number of hydrogen-bond donors (Lipinski definition) is 3. The standard InChI is InChI=1S/3C10H13NO/c3*1-7-4-5-10(6-8(7)2)11-9(3)12/h3*4-6H,1-3H3,(H,11,12). The Bertz CT molecular complexity index is 1070. The molecule has 6 nitrogen and oxygen atoms in total. The minimum Gasteiger partial charge on any atom is -0.326 e. The Balaban J connectivity index is 0.000000270. The van der Waals surface area contributed by atoms with Gasteiger partial charge < -0.3 is 16.0 Å². The maximum atomic E-state index is 10.7. The summed E-state index contributed by atoms with van der Waals surface area (Å²) in [5.41, 5.74) is 9.91. The number of nitrogens with one attached hydrogen (secondary N) is 3. The van der Waals surface area contributed by atoms with E-state index in [-0.39, 0.29) is 17.7 Å². The molecule has 0 spiro atoms. The summed E-state index contributed by atoms with van der Waals surface area (Å²) in [6, 6.07) is 17.6. The van der Waals surface area contributed by atoms with E-state index in [0.717, 1.165) is 17.1 Å². The summed E-state index contributed by atoms with van der Waals surface area (Å²) in [5.74, 6) is -0.0882. The van der Waals surface area contributed by atoms with Crippen LogP contribution in [0.15, 0.2) is 54.6 Å². The van der Waals surface area contributed by atoms with Crippen molar-refractivity contribution in [2.75, 3.05) is 16.0 Å². The van der Waals surface area contributed by atoms with E-state index in [1.165, 1.54) is 54.2 Å². The summed E-state index contributed by atoms with van der Waals surface area (Å²) in [7, 11) is 0. The quantitative estimate of drug-likeness (QED) is 0.379. The molecule has 192 valence electrons. The van der Waals surface area contributed by atoms with Crippen molar-refractivity contribution in [3.8, 4) is 0 Å². The Morgan fingerprint density at radius 2 is 0.639 bits per heavy atom. The normalized spacial score (nSPS) is 9.58. The van der Waals surface area contributed by atoms with Crippen molar-refractivity contribution in [3.05, 3.63) is 88.0 Å². The first-order valence-corrected chi connectivity index (χ1v) is 11.8. The molecule has 0 aliphatic heterocycles. The lowest BCUT2D eigenvalue weighted by molar-refractivity contribution is -0.115. The van der Waals surface area contributed by atoms with Crippen LogP contribution in [0.25, 0.3) is 0 Å². The van der Waals surface area contributed by atoms with Gasteiger partial charge in [-0.05, 0) is 111 Å². The van der Waals surface area contributed by atoms with Crippen LogP contribution in [-0.4, -0.2) is 17.7 Å². The first-order chi connectivity index (χ1) is 16.8. The van der Waals surface area contributed by atoms with Crippen LogP contribution in [0.2, 0.25) is 0 Å². The molecular weight excluding hydrogens is 450 g/mol. The second-order valence-electron chi connectivity index (χ2n) is 8.94. The van der Waals surface area contributed by atoms with Gasteiger partial charge in [0.05, 0.1) is 0 Å². The number of benzene rings is 3. The van der Waals surface area contributed by atoms with Gasteiger partial charge in [0.25, 0.3) is 0 Å². The molecule has 0 atom stereocenters. The Morgan fingerprint density at radius 1 is 0.417 bits per heavy atom. The molecule has 0 radical (unpaired) electrons. The predicted octanol–water partition coefficient (Wildman–Crippen LogP) is 6.79. The molecule has 0 fully saturated rings. The maximum absolute atomic E-state index is 10.7. The molecule has 3 rings (SSSR count). The summed E-state index contributed by atoms with van der Waals surface area (Å²) in [5, 5.41) is 8.20. The third-order valence-corrected chi connectivity index (χ3v) is 5.48. The van der Waals surface area contributed by atoms with Crippen LogP contribution in [-0.2, 0) is 14.4 Å². The zero-order valence-corrected chi connectivity index (χ0v) is 22.9. The van der Waals surface area contributed by atoms with E-state index >= 15 is 0 Å². The predicted molar refractivity (Wildman–Crippen MR) is 151 cm³/mol. The fourth-order valence-electron chi connectivity index (χ4n) is 3.07. The Hall–Kier alpha value is -3.93. The molecule has 0 heterocycles. The molecule has 0 saturated carbocycles. The van der Waals surface area contributed by atoms with Gasteiger partial charge in [0.2, 0.25) is 17.7 Å². The van der Waals surface area contributed by atoms with Gasteiger partial charge in [0, 0.05) is 37.8 Å². The Labute approximate surface area is 215 Å². The van der Waals surface area contributed by atoms with Crippen LogP contribution in [0.3, 0.4) is 0 Å². The molecule has 0 aliphatic carbocycles. The molecular formula is C30H39N3O3. The minimum absolute atomic E-state index is 0.0294. The average Bonchev–Trinajstić information content (AvgIpc) is 2.76. The minimum atomic E-state index is -0.0294. The van der Waals surface area contributed by atoms with Gasteiger partial charge in [0.1, 0.15) is 0 Å². The van der Waals surface area contributed by atoms with E-state index in [4.69, 9.17) is 0 Å². The highest BCUT2D eigenvalue weighted by Gasteiger charge is 1.98. The van der Waals surface area contributed by atoms with E-state index in [1.807, 2.05) is 96.1 Å². The van der Waals surface area contributed by atoms with Crippen molar-refractivity contribution >= 4 is 34.8 Å². The van der Waals surface area contributed by atoms with E-state index in [2.05, 4.69) is 16.0 Å². The molecule has 6 heteroatoms. The summed E-state index contributed by atoms with van der Waals surface area (Å²) >= 11 is 0. The van der Waals surface area contributed by atoms with Crippen molar-refractivity contribution < 1.29 is 14.4 Å². The van der Waals surface area contributed by atoms with Crippen LogP contribution in [0, 0.1) is 41.5 Å². The molecule has 3 aromatic carbocycles. The smallest absolute Gasteiger partial charge is 0.221 e. The number of anilines is 3. The topological polar surface area (TPSA) is 87.3 Å². The molecule has 3 amide bonds. The van der Waals surface area contributed by atoms with Gasteiger partial charge in [0.15, 0.2) is 0 Å². The number of amides is 3. The highest BCUT2D eigenvalue weighted by atomic mass is 16.2. The van der Waals surface area contributed by atoms with Crippen molar-refractivity contribution in [1.82, 2.24) is 0 Å². The van der Waals surface area contributed by atoms with Gasteiger partial charge in [-0.15, -0.1) is 0 Å². The molecule has 0 saturated heterocycles. The van der Waals surface area contributed by atoms with Crippen LogP contribution in [0.4, 0.5) is 17.1 Å². The molecule has 0 bridgehead atoms. The summed E-state index contributed by atoms with van der Waals surface area (Å²) < 4.78 is 0. The van der Waals surface area contributed by atoms with Gasteiger partial charge in [-0.1, -0.05) is 18.2 Å². The zero-order chi connectivity index (χ0) is 27.4. The van der Waals surface area contributed by atoms with E-state index in [0.29, 0.717) is 0 Å². The SMILES string of the molecule is CC(=O)Nc1ccc(C)c(C)c1.CC(=O)Nc1ccc(C)c(C)c1.CC(=O)Nc1ccc(C)c(C)c1. The summed E-state index contributed by atoms with van der Waals surface area (Å²) in [6.07, 6.45) is 0. The lowest BCUT2D eigenvalue weighted by atomic mass is 10.1. The molecule has 0 aromatic heterocycles. The highest BCUT2D eigenvalue weighted by Crippen LogP contribution is 2.15. The van der Waals surface area contributed by atoms with Crippen molar-refractivity contribution in [1.29, 1.82) is 0 Å². The monoisotopic (exact) mass is 489 g/mol. The first-order valence-electron chi connectivity index (χ1n) is 11.8. The van der Waals surface area contributed by atoms with Crippen LogP contribution >= 0.6 is 0 Å². The van der Waals surface area contributed by atoms with Crippen molar-refractivity contribution in [3.63, 3.8) is 0 Å². The van der Waals surface area contributed by atoms with Gasteiger partial charge in [-0.3, -0.25) is 14.4 Å². The summed E-state index contributed by atoms with van der Waals surface area (Å²) in [4.78, 5) is 32.1. The number of rotatable bonds is 3. The van der Waals surface area contributed by atoms with Crippen LogP contribution < -0.4 is 16.0 Å². The lowest BCUT2D eigenvalue weighted by Gasteiger charge is -2.04. The third-order valence-electron chi connectivity index (χ3n) is 5.48. The van der Waals surface area contributed by atoms with E-state index < -0.39 is 0 Å². The second kappa shape index (κ2) is 14.5. The fraction of sp³-hybridized carbons (Fsp3) is 0.300. The molecule has 0 aliphatic rings. The molecule has 3 aromatic rings. The molecule has 36 heavy (non-hydrogen) atoms. The zero-order valence-electron chi connectivity index (χ0n) is 22.9.